The first-order chi connectivity index (χ1) is 14.6. The van der Waals surface area contributed by atoms with Crippen LogP contribution in [0.25, 0.3) is 0 Å². The van der Waals surface area contributed by atoms with Crippen molar-refractivity contribution < 1.29 is 9.84 Å². The number of thioether (sulfide) groups is 1. The molecule has 0 saturated carbocycles. The molecule has 6 heteroatoms. The number of methoxy groups -OCH3 is 1. The van der Waals surface area contributed by atoms with Crippen LogP contribution in [0, 0.1) is 0 Å². The zero-order valence-electron chi connectivity index (χ0n) is 18.0. The second-order valence-corrected chi connectivity index (χ2v) is 9.82. The van der Waals surface area contributed by atoms with E-state index in [2.05, 4.69) is 45.2 Å². The van der Waals surface area contributed by atoms with Crippen LogP contribution in [0.15, 0.2) is 45.8 Å². The molecule has 0 amide bonds. The number of benzene rings is 2. The molecule has 3 rings (SSSR count). The normalized spacial score (nSPS) is 17.2. The minimum Gasteiger partial charge on any atom is -0.507 e. The number of hydrogen-bond acceptors (Lipinski definition) is 5. The predicted molar refractivity (Wildman–Crippen MR) is 130 cm³/mol. The lowest BCUT2D eigenvalue weighted by molar-refractivity contribution is 0.159. The van der Waals surface area contributed by atoms with Crippen LogP contribution in [0.2, 0.25) is 0 Å². The molecule has 164 valence electrons. The highest BCUT2D eigenvalue weighted by molar-refractivity contribution is 9.10. The molecule has 0 aromatic heterocycles. The number of hydrogen-bond donors (Lipinski definition) is 2. The first-order valence-electron chi connectivity index (χ1n) is 10.8. The van der Waals surface area contributed by atoms with E-state index in [9.17, 15) is 5.11 Å². The van der Waals surface area contributed by atoms with Crippen molar-refractivity contribution in [1.82, 2.24) is 10.2 Å². The maximum absolute atomic E-state index is 10.5. The number of halogens is 1. The molecule has 2 aromatic rings. The van der Waals surface area contributed by atoms with E-state index in [1.54, 1.807) is 24.9 Å². The number of phenolic OH excluding ortho intramolecular Hbond substituents is 1. The molecule has 1 saturated heterocycles. The van der Waals surface area contributed by atoms with Crippen molar-refractivity contribution in [2.45, 2.75) is 55.8 Å². The average molecular weight is 494 g/mol. The Bertz CT molecular complexity index is 818. The van der Waals surface area contributed by atoms with Gasteiger partial charge in [-0.05, 0) is 75.6 Å². The fraction of sp³-hybridized carbons (Fsp3) is 0.500. The summed E-state index contributed by atoms with van der Waals surface area (Å²) in [4.78, 5) is 3.56. The number of piperidine rings is 1. The summed E-state index contributed by atoms with van der Waals surface area (Å²) in [5.74, 6) is 1.95. The van der Waals surface area contributed by atoms with Crippen LogP contribution >= 0.6 is 27.7 Å². The van der Waals surface area contributed by atoms with Crippen molar-refractivity contribution in [1.29, 1.82) is 0 Å². The quantitative estimate of drug-likeness (QED) is 0.323. The van der Waals surface area contributed by atoms with Gasteiger partial charge in [0.15, 0.2) is 0 Å². The highest BCUT2D eigenvalue weighted by Gasteiger charge is 2.17. The van der Waals surface area contributed by atoms with E-state index >= 15 is 0 Å². The zero-order valence-corrected chi connectivity index (χ0v) is 20.4. The lowest BCUT2D eigenvalue weighted by Crippen LogP contribution is -2.38. The van der Waals surface area contributed by atoms with E-state index in [1.807, 2.05) is 18.2 Å². The van der Waals surface area contributed by atoms with Crippen LogP contribution in [-0.4, -0.2) is 42.8 Å². The van der Waals surface area contributed by atoms with Gasteiger partial charge in [0.05, 0.1) is 12.0 Å². The monoisotopic (exact) mass is 492 g/mol. The second kappa shape index (κ2) is 12.0. The molecule has 2 N–H and O–H groups in total. The Balaban J connectivity index is 1.52. The SMILES string of the molecule is COc1ccc(Br)cc1CSc1c(O)cccc1CNCCCN1CCCCC1C. The molecule has 4 nitrogen and oxygen atoms in total. The topological polar surface area (TPSA) is 44.7 Å². The number of ether oxygens (including phenoxy) is 1. The largest absolute Gasteiger partial charge is 0.507 e. The van der Waals surface area contributed by atoms with Crippen molar-refractivity contribution in [3.8, 4) is 11.5 Å². The smallest absolute Gasteiger partial charge is 0.129 e. The Morgan fingerprint density at radius 2 is 2.10 bits per heavy atom. The Morgan fingerprint density at radius 3 is 2.90 bits per heavy atom. The van der Waals surface area contributed by atoms with Gasteiger partial charge in [0, 0.05) is 28.4 Å². The van der Waals surface area contributed by atoms with E-state index in [4.69, 9.17) is 4.74 Å². The third kappa shape index (κ3) is 6.64. The average Bonchev–Trinajstić information content (AvgIpc) is 2.74. The summed E-state index contributed by atoms with van der Waals surface area (Å²) in [6.07, 6.45) is 5.20. The standard InChI is InChI=1S/C24H33BrN2O2S/c1-18-7-3-4-13-27(18)14-6-12-26-16-19-8-5-9-22(28)24(19)30-17-20-15-21(25)10-11-23(20)29-2/h5,8-11,15,18,26,28H,3-4,6-7,12-14,16-17H2,1-2H3. The fourth-order valence-electron chi connectivity index (χ4n) is 4.01. The Hall–Kier alpha value is -1.21. The molecule has 1 atom stereocenters. The molecule has 0 spiro atoms. The van der Waals surface area contributed by atoms with Crippen LogP contribution in [0.1, 0.15) is 43.7 Å². The number of aromatic hydroxyl groups is 1. The Morgan fingerprint density at radius 1 is 1.23 bits per heavy atom. The van der Waals surface area contributed by atoms with Crippen molar-refractivity contribution in [3.63, 3.8) is 0 Å². The van der Waals surface area contributed by atoms with E-state index in [0.717, 1.165) is 57.5 Å². The summed E-state index contributed by atoms with van der Waals surface area (Å²) in [5.41, 5.74) is 2.25. The molecule has 0 radical (unpaired) electrons. The zero-order chi connectivity index (χ0) is 21.3. The van der Waals surface area contributed by atoms with Crippen molar-refractivity contribution >= 4 is 27.7 Å². The van der Waals surface area contributed by atoms with Crippen LogP contribution < -0.4 is 10.1 Å². The van der Waals surface area contributed by atoms with Crippen LogP contribution in [0.5, 0.6) is 11.5 Å². The highest BCUT2D eigenvalue weighted by Crippen LogP contribution is 2.36. The molecule has 2 aromatic carbocycles. The van der Waals surface area contributed by atoms with Gasteiger partial charge in [0.1, 0.15) is 11.5 Å². The molecular formula is C24H33BrN2O2S. The van der Waals surface area contributed by atoms with Crippen molar-refractivity contribution in [2.75, 3.05) is 26.7 Å². The summed E-state index contributed by atoms with van der Waals surface area (Å²) in [6.45, 7) is 6.51. The van der Waals surface area contributed by atoms with E-state index in [0.29, 0.717) is 5.75 Å². The van der Waals surface area contributed by atoms with Gasteiger partial charge in [-0.15, -0.1) is 11.8 Å². The summed E-state index contributed by atoms with van der Waals surface area (Å²) < 4.78 is 6.51. The predicted octanol–water partition coefficient (Wildman–Crippen LogP) is 5.81. The maximum atomic E-state index is 10.5. The molecule has 1 unspecified atom stereocenters. The van der Waals surface area contributed by atoms with E-state index in [1.165, 1.54) is 32.4 Å². The molecule has 1 aliphatic heterocycles. The molecule has 0 aliphatic carbocycles. The lowest BCUT2D eigenvalue weighted by atomic mass is 10.0. The van der Waals surface area contributed by atoms with Gasteiger partial charge in [-0.1, -0.05) is 34.5 Å². The summed E-state index contributed by atoms with van der Waals surface area (Å²) in [5, 5.41) is 14.0. The summed E-state index contributed by atoms with van der Waals surface area (Å²) in [7, 11) is 1.69. The highest BCUT2D eigenvalue weighted by atomic mass is 79.9. The Kier molecular flexibility index (Phi) is 9.37. The van der Waals surface area contributed by atoms with E-state index < -0.39 is 0 Å². The maximum Gasteiger partial charge on any atom is 0.129 e. The minimum absolute atomic E-state index is 0.343. The van der Waals surface area contributed by atoms with Gasteiger partial charge in [-0.2, -0.15) is 0 Å². The van der Waals surface area contributed by atoms with Crippen molar-refractivity contribution in [3.05, 3.63) is 52.0 Å². The van der Waals surface area contributed by atoms with Crippen LogP contribution in [0.3, 0.4) is 0 Å². The number of nitrogens with one attached hydrogen (secondary N) is 1. The summed E-state index contributed by atoms with van der Waals surface area (Å²) >= 11 is 5.19. The van der Waals surface area contributed by atoms with E-state index in [-0.39, 0.29) is 0 Å². The van der Waals surface area contributed by atoms with Gasteiger partial charge in [0.25, 0.3) is 0 Å². The minimum atomic E-state index is 0.343. The number of likely N-dealkylation sites (tertiary alicyclic amines) is 1. The van der Waals surface area contributed by atoms with Gasteiger partial charge in [0.2, 0.25) is 0 Å². The Labute approximate surface area is 193 Å². The van der Waals surface area contributed by atoms with Crippen LogP contribution in [0.4, 0.5) is 0 Å². The van der Waals surface area contributed by atoms with Crippen LogP contribution in [-0.2, 0) is 12.3 Å². The molecule has 1 aliphatic rings. The third-order valence-electron chi connectivity index (χ3n) is 5.75. The first-order valence-corrected chi connectivity index (χ1v) is 12.6. The molecule has 1 fully saturated rings. The van der Waals surface area contributed by atoms with Gasteiger partial charge in [-0.25, -0.2) is 0 Å². The molecule has 0 bridgehead atoms. The third-order valence-corrected chi connectivity index (χ3v) is 7.45. The second-order valence-electron chi connectivity index (χ2n) is 7.92. The van der Waals surface area contributed by atoms with Crippen molar-refractivity contribution in [2.24, 2.45) is 0 Å². The summed E-state index contributed by atoms with van der Waals surface area (Å²) in [6, 6.07) is 12.5. The number of rotatable bonds is 10. The number of nitrogens with zero attached hydrogens (tertiary/aromatic N) is 1. The first kappa shape index (κ1) is 23.5. The van der Waals surface area contributed by atoms with Gasteiger partial charge >= 0.3 is 0 Å². The number of phenols is 1. The fourth-order valence-corrected chi connectivity index (χ4v) is 5.48. The lowest BCUT2D eigenvalue weighted by Gasteiger charge is -2.33. The van der Waals surface area contributed by atoms with Gasteiger partial charge < -0.3 is 20.1 Å². The van der Waals surface area contributed by atoms with Gasteiger partial charge in [-0.3, -0.25) is 0 Å². The molecule has 30 heavy (non-hydrogen) atoms. The molecule has 1 heterocycles. The molecular weight excluding hydrogens is 460 g/mol.